The van der Waals surface area contributed by atoms with Crippen LogP contribution in [0.15, 0.2) is 36.9 Å². The van der Waals surface area contributed by atoms with Gasteiger partial charge in [-0.15, -0.1) is 0 Å². The van der Waals surface area contributed by atoms with Crippen molar-refractivity contribution in [1.29, 1.82) is 5.26 Å². The van der Waals surface area contributed by atoms with Crippen molar-refractivity contribution in [3.8, 4) is 17.7 Å². The summed E-state index contributed by atoms with van der Waals surface area (Å²) in [6, 6.07) is 6.96. The number of fused-ring (bicyclic) bond motifs is 2. The molecule has 0 saturated carbocycles. The number of benzene rings is 1. The Labute approximate surface area is 205 Å². The summed E-state index contributed by atoms with van der Waals surface area (Å²) in [5, 5.41) is 12.6. The van der Waals surface area contributed by atoms with Crippen LogP contribution in [0.2, 0.25) is 5.02 Å². The molecule has 5 rings (SSSR count). The van der Waals surface area contributed by atoms with E-state index < -0.39 is 5.82 Å². The third kappa shape index (κ3) is 4.76. The summed E-state index contributed by atoms with van der Waals surface area (Å²) >= 11 is 6.31. The number of nitriles is 1. The SMILES string of the molecule is COc1c(Nc2ccc(C#N)cc2Cl)ncnc1OC1C2COCC1CN(c1ncc(F)cn1)C2. The summed E-state index contributed by atoms with van der Waals surface area (Å²) < 4.78 is 31.0. The lowest BCUT2D eigenvalue weighted by Gasteiger charge is -2.46. The average molecular weight is 498 g/mol. The molecule has 2 aliphatic rings. The number of halogens is 2. The summed E-state index contributed by atoms with van der Waals surface area (Å²) in [6.45, 7) is 2.18. The van der Waals surface area contributed by atoms with E-state index in [2.05, 4.69) is 31.3 Å². The minimum Gasteiger partial charge on any atom is -0.489 e. The quantitative estimate of drug-likeness (QED) is 0.543. The maximum Gasteiger partial charge on any atom is 0.262 e. The van der Waals surface area contributed by atoms with Crippen molar-refractivity contribution in [2.75, 3.05) is 43.6 Å². The summed E-state index contributed by atoms with van der Waals surface area (Å²) in [7, 11) is 1.51. The Morgan fingerprint density at radius 3 is 2.57 bits per heavy atom. The van der Waals surface area contributed by atoms with Crippen molar-refractivity contribution < 1.29 is 18.6 Å². The molecule has 0 spiro atoms. The number of methoxy groups -OCH3 is 1. The number of piperidine rings is 1. The number of nitrogens with zero attached hydrogens (tertiary/aromatic N) is 6. The Morgan fingerprint density at radius 1 is 1.17 bits per heavy atom. The second kappa shape index (κ2) is 9.85. The predicted molar refractivity (Wildman–Crippen MR) is 124 cm³/mol. The minimum absolute atomic E-state index is 0.0141. The molecule has 10 nitrogen and oxygen atoms in total. The van der Waals surface area contributed by atoms with Gasteiger partial charge in [0.25, 0.3) is 5.88 Å². The molecule has 4 heterocycles. The molecule has 1 N–H and O–H groups in total. The van der Waals surface area contributed by atoms with Crippen LogP contribution in [0.25, 0.3) is 0 Å². The Hall–Kier alpha value is -3.75. The van der Waals surface area contributed by atoms with Crippen molar-refractivity contribution in [2.24, 2.45) is 11.8 Å². The molecule has 2 bridgehead atoms. The number of hydrogen-bond donors (Lipinski definition) is 1. The Bertz CT molecular complexity index is 1240. The first-order valence-electron chi connectivity index (χ1n) is 10.9. The highest BCUT2D eigenvalue weighted by atomic mass is 35.5. The first kappa shape index (κ1) is 23.0. The van der Waals surface area contributed by atoms with E-state index in [0.717, 1.165) is 12.4 Å². The zero-order valence-corrected chi connectivity index (χ0v) is 19.4. The van der Waals surface area contributed by atoms with Crippen LogP contribution in [-0.2, 0) is 4.74 Å². The van der Waals surface area contributed by atoms with Gasteiger partial charge in [-0.2, -0.15) is 10.2 Å². The second-order valence-corrected chi connectivity index (χ2v) is 8.65. The van der Waals surface area contributed by atoms with E-state index in [0.29, 0.717) is 66.0 Å². The third-order valence-electron chi connectivity index (χ3n) is 5.97. The lowest BCUT2D eigenvalue weighted by Crippen LogP contribution is -2.58. The van der Waals surface area contributed by atoms with Gasteiger partial charge in [0, 0.05) is 24.9 Å². The molecule has 2 atom stereocenters. The highest BCUT2D eigenvalue weighted by Gasteiger charge is 2.43. The number of aromatic nitrogens is 4. The molecule has 0 aliphatic carbocycles. The molecule has 2 unspecified atom stereocenters. The fourth-order valence-corrected chi connectivity index (χ4v) is 4.61. The standard InChI is InChI=1S/C23H21ClFN7O3/c1-33-20-21(31-18-3-2-13(5-26)4-17(18)24)29-12-30-22(20)35-19-14-8-32(9-15(19)11-34-10-14)23-27-6-16(25)7-28-23/h2-4,6-7,12,14-15,19H,8-11H2,1H3,(H,29,30,31). The van der Waals surface area contributed by atoms with Gasteiger partial charge in [0.1, 0.15) is 12.4 Å². The molecule has 3 aromatic rings. The van der Waals surface area contributed by atoms with Gasteiger partial charge in [-0.25, -0.2) is 19.3 Å². The van der Waals surface area contributed by atoms with E-state index in [1.807, 2.05) is 4.90 Å². The van der Waals surface area contributed by atoms with Crippen LogP contribution in [0, 0.1) is 29.0 Å². The molecule has 12 heteroatoms. The molecular weight excluding hydrogens is 477 g/mol. The zero-order chi connectivity index (χ0) is 24.4. The summed E-state index contributed by atoms with van der Waals surface area (Å²) in [4.78, 5) is 18.9. The Kier molecular flexibility index (Phi) is 6.48. The lowest BCUT2D eigenvalue weighted by atomic mass is 9.84. The van der Waals surface area contributed by atoms with Crippen molar-refractivity contribution in [1.82, 2.24) is 19.9 Å². The molecule has 2 aromatic heterocycles. The first-order chi connectivity index (χ1) is 17.1. The average Bonchev–Trinajstić information content (AvgIpc) is 2.86. The van der Waals surface area contributed by atoms with Crippen LogP contribution in [-0.4, -0.2) is 59.5 Å². The van der Waals surface area contributed by atoms with Crippen LogP contribution >= 0.6 is 11.6 Å². The lowest BCUT2D eigenvalue weighted by molar-refractivity contribution is -0.0776. The van der Waals surface area contributed by atoms with Gasteiger partial charge in [-0.3, -0.25) is 0 Å². The van der Waals surface area contributed by atoms with Crippen molar-refractivity contribution in [3.05, 3.63) is 53.3 Å². The van der Waals surface area contributed by atoms with Crippen LogP contribution in [0.3, 0.4) is 0 Å². The molecule has 0 radical (unpaired) electrons. The monoisotopic (exact) mass is 497 g/mol. The van der Waals surface area contributed by atoms with Gasteiger partial charge in [0.2, 0.25) is 11.7 Å². The summed E-state index contributed by atoms with van der Waals surface area (Å²) in [5.74, 6) is 1.03. The van der Waals surface area contributed by atoms with E-state index in [1.165, 1.54) is 13.4 Å². The fraction of sp³-hybridized carbons (Fsp3) is 0.348. The molecule has 2 aliphatic heterocycles. The minimum atomic E-state index is -0.474. The Balaban J connectivity index is 1.36. The topological polar surface area (TPSA) is 118 Å². The van der Waals surface area contributed by atoms with Gasteiger partial charge in [-0.05, 0) is 18.2 Å². The maximum atomic E-state index is 13.3. The number of hydrogen-bond acceptors (Lipinski definition) is 10. The molecule has 1 aromatic carbocycles. The smallest absolute Gasteiger partial charge is 0.262 e. The number of anilines is 3. The van der Waals surface area contributed by atoms with Gasteiger partial charge in [-0.1, -0.05) is 11.6 Å². The van der Waals surface area contributed by atoms with Gasteiger partial charge >= 0.3 is 0 Å². The Morgan fingerprint density at radius 2 is 1.91 bits per heavy atom. The van der Waals surface area contributed by atoms with Crippen molar-refractivity contribution in [2.45, 2.75) is 6.10 Å². The number of rotatable bonds is 6. The predicted octanol–water partition coefficient (Wildman–Crippen LogP) is 3.21. The summed E-state index contributed by atoms with van der Waals surface area (Å²) in [6.07, 6.45) is 3.52. The first-order valence-corrected chi connectivity index (χ1v) is 11.3. The molecular formula is C23H21ClFN7O3. The van der Waals surface area contributed by atoms with Gasteiger partial charge in [0.15, 0.2) is 11.6 Å². The van der Waals surface area contributed by atoms with Crippen LogP contribution in [0.5, 0.6) is 11.6 Å². The zero-order valence-electron chi connectivity index (χ0n) is 18.7. The van der Waals surface area contributed by atoms with E-state index in [9.17, 15) is 4.39 Å². The largest absolute Gasteiger partial charge is 0.489 e. The molecule has 2 saturated heterocycles. The molecule has 35 heavy (non-hydrogen) atoms. The fourth-order valence-electron chi connectivity index (χ4n) is 4.38. The molecule has 0 amide bonds. The van der Waals surface area contributed by atoms with Crippen molar-refractivity contribution >= 4 is 29.1 Å². The van der Waals surface area contributed by atoms with Crippen molar-refractivity contribution in [3.63, 3.8) is 0 Å². The maximum absolute atomic E-state index is 13.3. The molecule has 2 fully saturated rings. The van der Waals surface area contributed by atoms with E-state index in [4.69, 9.17) is 31.1 Å². The van der Waals surface area contributed by atoms with E-state index in [-0.39, 0.29) is 17.9 Å². The van der Waals surface area contributed by atoms with Crippen LogP contribution < -0.4 is 19.7 Å². The van der Waals surface area contributed by atoms with Gasteiger partial charge in [0.05, 0.1) is 55.1 Å². The second-order valence-electron chi connectivity index (χ2n) is 8.24. The van der Waals surface area contributed by atoms with Crippen LogP contribution in [0.1, 0.15) is 5.56 Å². The highest BCUT2D eigenvalue weighted by Crippen LogP contribution is 2.39. The third-order valence-corrected chi connectivity index (χ3v) is 6.28. The number of nitrogens with one attached hydrogen (secondary N) is 1. The van der Waals surface area contributed by atoms with Gasteiger partial charge < -0.3 is 24.4 Å². The van der Waals surface area contributed by atoms with E-state index in [1.54, 1.807) is 18.2 Å². The number of ether oxygens (including phenoxy) is 3. The normalized spacial score (nSPS) is 21.2. The van der Waals surface area contributed by atoms with Crippen LogP contribution in [0.4, 0.5) is 21.8 Å². The highest BCUT2D eigenvalue weighted by molar-refractivity contribution is 6.33. The van der Waals surface area contributed by atoms with E-state index >= 15 is 0 Å². The molecule has 180 valence electrons. The summed E-state index contributed by atoms with van der Waals surface area (Å²) in [5.41, 5.74) is 1.01.